The lowest BCUT2D eigenvalue weighted by atomic mass is 10.1. The van der Waals surface area contributed by atoms with E-state index in [1.807, 2.05) is 42.5 Å². The monoisotopic (exact) mass is 654 g/mol. The average Bonchev–Trinajstić information content (AvgIpc) is 3.72. The molecule has 0 bridgehead atoms. The van der Waals surface area contributed by atoms with E-state index < -0.39 is 0 Å². The first-order valence-electron chi connectivity index (χ1n) is 17.2. The van der Waals surface area contributed by atoms with E-state index in [-0.39, 0.29) is 0 Å². The van der Waals surface area contributed by atoms with Crippen LogP contribution in [0.1, 0.15) is 11.1 Å². The lowest BCUT2D eigenvalue weighted by molar-refractivity contribution is 0.794. The van der Waals surface area contributed by atoms with Crippen molar-refractivity contribution in [1.29, 1.82) is 0 Å². The highest BCUT2D eigenvalue weighted by Gasteiger charge is 2.20. The molecule has 51 heavy (non-hydrogen) atoms. The molecule has 7 aromatic carbocycles. The molecule has 0 saturated heterocycles. The minimum absolute atomic E-state index is 0.411. The van der Waals surface area contributed by atoms with Crippen LogP contribution in [0, 0.1) is 0 Å². The number of fused-ring (bicyclic) bond motifs is 7. The van der Waals surface area contributed by atoms with Gasteiger partial charge in [0.05, 0.1) is 33.5 Å². The van der Waals surface area contributed by atoms with Crippen LogP contribution in [0.25, 0.3) is 66.1 Å². The van der Waals surface area contributed by atoms with Crippen LogP contribution in [0.4, 0.5) is 0 Å². The van der Waals surface area contributed by atoms with E-state index >= 15 is 0 Å². The van der Waals surface area contributed by atoms with Crippen molar-refractivity contribution in [2.45, 2.75) is 6.67 Å². The van der Waals surface area contributed by atoms with Gasteiger partial charge in [0.1, 0.15) is 6.67 Å². The van der Waals surface area contributed by atoms with Crippen LogP contribution in [-0.4, -0.2) is 21.6 Å². The Balaban J connectivity index is 1.32. The summed E-state index contributed by atoms with van der Waals surface area (Å²) in [7, 11) is 0. The fraction of sp³-hybridized carbons (Fsp3) is 0.0213. The standard InChI is InChI=1S/C47H34N4/c1-48-42(34-18-7-3-8-19-34)31-43(35-20-9-4-10-21-35)49-32-50-44-26-13-11-24-38(44)40-28-29-41-39-25-12-14-27-45(39)51(47(41)46(40)50)37-23-15-22-36(30-37)33-16-5-2-6-17-33/h2-31H,1,32H2/b42-31-,49-43+. The third-order valence-electron chi connectivity index (χ3n) is 9.74. The maximum absolute atomic E-state index is 5.37. The molecule has 0 fully saturated rings. The summed E-state index contributed by atoms with van der Waals surface area (Å²) in [5.41, 5.74) is 11.8. The molecular formula is C47H34N4. The molecule has 0 N–H and O–H groups in total. The van der Waals surface area contributed by atoms with E-state index in [2.05, 4.69) is 160 Å². The van der Waals surface area contributed by atoms with Crippen LogP contribution < -0.4 is 0 Å². The highest BCUT2D eigenvalue weighted by atomic mass is 15.1. The largest absolute Gasteiger partial charge is 0.318 e. The predicted octanol–water partition coefficient (Wildman–Crippen LogP) is 11.7. The molecule has 0 saturated carbocycles. The Bertz CT molecular complexity index is 2770. The van der Waals surface area contributed by atoms with Gasteiger partial charge in [-0.25, -0.2) is 0 Å². The van der Waals surface area contributed by atoms with E-state index in [0.29, 0.717) is 6.67 Å². The molecule has 0 atom stereocenters. The molecule has 4 heteroatoms. The molecule has 2 aromatic heterocycles. The number of rotatable bonds is 8. The Kier molecular flexibility index (Phi) is 7.67. The average molecular weight is 655 g/mol. The van der Waals surface area contributed by atoms with E-state index in [0.717, 1.165) is 39.3 Å². The SMILES string of the molecule is C=N/C(=C\C(=N/Cn1c2ccccc2c2ccc3c4ccccc4n(-c4cccc(-c5ccccc5)c4)c3c21)c1ccccc1)c1ccccc1. The third-order valence-corrected chi connectivity index (χ3v) is 9.74. The Morgan fingerprint density at radius 1 is 0.510 bits per heavy atom. The Hall–Kier alpha value is -6.78. The van der Waals surface area contributed by atoms with Gasteiger partial charge in [-0.1, -0.05) is 152 Å². The van der Waals surface area contributed by atoms with Crippen molar-refractivity contribution in [3.05, 3.63) is 193 Å². The van der Waals surface area contributed by atoms with Crippen molar-refractivity contribution in [2.24, 2.45) is 9.98 Å². The minimum atomic E-state index is 0.411. The number of aromatic nitrogens is 2. The Labute approximate surface area is 296 Å². The number of benzene rings is 7. The number of hydrogen-bond donors (Lipinski definition) is 0. The van der Waals surface area contributed by atoms with Gasteiger partial charge in [0.15, 0.2) is 0 Å². The van der Waals surface area contributed by atoms with Gasteiger partial charge in [-0.15, -0.1) is 0 Å². The number of aliphatic imine (C=N–C) groups is 2. The second-order valence-corrected chi connectivity index (χ2v) is 12.7. The van der Waals surface area contributed by atoms with E-state index in [4.69, 9.17) is 4.99 Å². The maximum Gasteiger partial charge on any atom is 0.115 e. The van der Waals surface area contributed by atoms with E-state index in [1.54, 1.807) is 0 Å². The van der Waals surface area contributed by atoms with Gasteiger partial charge >= 0.3 is 0 Å². The van der Waals surface area contributed by atoms with Crippen molar-refractivity contribution >= 4 is 61.7 Å². The molecule has 0 spiro atoms. The maximum atomic E-state index is 5.37. The molecule has 2 heterocycles. The molecule has 0 radical (unpaired) electrons. The van der Waals surface area contributed by atoms with Gasteiger partial charge < -0.3 is 9.13 Å². The van der Waals surface area contributed by atoms with Crippen molar-refractivity contribution in [1.82, 2.24) is 9.13 Å². The molecule has 9 aromatic rings. The number of para-hydroxylation sites is 2. The van der Waals surface area contributed by atoms with Crippen LogP contribution in [0.5, 0.6) is 0 Å². The second kappa shape index (κ2) is 12.9. The predicted molar refractivity (Wildman–Crippen MR) is 216 cm³/mol. The fourth-order valence-electron chi connectivity index (χ4n) is 7.39. The highest BCUT2D eigenvalue weighted by Crippen LogP contribution is 2.41. The number of allylic oxidation sites excluding steroid dienone is 1. The fourth-order valence-corrected chi connectivity index (χ4v) is 7.39. The van der Waals surface area contributed by atoms with Crippen LogP contribution in [0.2, 0.25) is 0 Å². The Morgan fingerprint density at radius 2 is 1.08 bits per heavy atom. The summed E-state index contributed by atoms with van der Waals surface area (Å²) in [6, 6.07) is 61.9. The molecule has 0 aliphatic carbocycles. The van der Waals surface area contributed by atoms with E-state index in [1.165, 1.54) is 43.7 Å². The number of nitrogens with zero attached hydrogens (tertiary/aromatic N) is 4. The van der Waals surface area contributed by atoms with Crippen LogP contribution in [0.15, 0.2) is 192 Å². The van der Waals surface area contributed by atoms with Crippen molar-refractivity contribution < 1.29 is 0 Å². The van der Waals surface area contributed by atoms with Gasteiger partial charge in [0, 0.05) is 32.8 Å². The van der Waals surface area contributed by atoms with E-state index in [9.17, 15) is 0 Å². The lowest BCUT2D eigenvalue weighted by Crippen LogP contribution is -2.04. The first kappa shape index (κ1) is 30.3. The molecular weight excluding hydrogens is 621 g/mol. The van der Waals surface area contributed by atoms with Gasteiger partial charge in [-0.05, 0) is 53.7 Å². The van der Waals surface area contributed by atoms with Crippen molar-refractivity contribution in [3.8, 4) is 16.8 Å². The summed E-state index contributed by atoms with van der Waals surface area (Å²) in [6.45, 7) is 4.32. The summed E-state index contributed by atoms with van der Waals surface area (Å²) < 4.78 is 4.81. The highest BCUT2D eigenvalue weighted by molar-refractivity contribution is 6.23. The summed E-state index contributed by atoms with van der Waals surface area (Å²) in [5, 5.41) is 4.83. The first-order valence-corrected chi connectivity index (χ1v) is 17.2. The molecule has 0 aliphatic rings. The normalized spacial score (nSPS) is 12.3. The topological polar surface area (TPSA) is 34.6 Å². The molecule has 0 aliphatic heterocycles. The molecule has 0 unspecified atom stereocenters. The van der Waals surface area contributed by atoms with Crippen LogP contribution in [-0.2, 0) is 6.67 Å². The second-order valence-electron chi connectivity index (χ2n) is 12.7. The van der Waals surface area contributed by atoms with Gasteiger partial charge in [-0.3, -0.25) is 9.98 Å². The third kappa shape index (κ3) is 5.34. The van der Waals surface area contributed by atoms with Crippen LogP contribution in [0.3, 0.4) is 0 Å². The Morgan fingerprint density at radius 3 is 1.78 bits per heavy atom. The minimum Gasteiger partial charge on any atom is -0.318 e. The zero-order chi connectivity index (χ0) is 34.1. The molecule has 9 rings (SSSR count). The quantitative estimate of drug-likeness (QED) is 0.146. The number of hydrogen-bond acceptors (Lipinski definition) is 2. The first-order chi connectivity index (χ1) is 25.3. The van der Waals surface area contributed by atoms with Gasteiger partial charge in [0.2, 0.25) is 0 Å². The summed E-state index contributed by atoms with van der Waals surface area (Å²) >= 11 is 0. The van der Waals surface area contributed by atoms with Gasteiger partial charge in [0.25, 0.3) is 0 Å². The zero-order valence-electron chi connectivity index (χ0n) is 28.0. The smallest absolute Gasteiger partial charge is 0.115 e. The molecule has 0 amide bonds. The summed E-state index contributed by atoms with van der Waals surface area (Å²) in [5.74, 6) is 0. The summed E-state index contributed by atoms with van der Waals surface area (Å²) in [6.07, 6.45) is 2.05. The lowest BCUT2D eigenvalue weighted by Gasteiger charge is -2.13. The zero-order valence-corrected chi connectivity index (χ0v) is 28.0. The molecule has 242 valence electrons. The molecule has 4 nitrogen and oxygen atoms in total. The van der Waals surface area contributed by atoms with Crippen molar-refractivity contribution in [2.75, 3.05) is 0 Å². The van der Waals surface area contributed by atoms with Gasteiger partial charge in [-0.2, -0.15) is 0 Å². The summed E-state index contributed by atoms with van der Waals surface area (Å²) in [4.78, 5) is 9.80. The van der Waals surface area contributed by atoms with Crippen LogP contribution >= 0.6 is 0 Å². The van der Waals surface area contributed by atoms with Crippen molar-refractivity contribution in [3.63, 3.8) is 0 Å².